The summed E-state index contributed by atoms with van der Waals surface area (Å²) in [6.07, 6.45) is 4.74. The highest BCUT2D eigenvalue weighted by atomic mass is 32.1. The molecule has 118 valence electrons. The van der Waals surface area contributed by atoms with Crippen LogP contribution in [0.2, 0.25) is 0 Å². The second-order valence-electron chi connectivity index (χ2n) is 5.82. The number of likely N-dealkylation sites (tertiary alicyclic amines) is 1. The molecule has 0 bridgehead atoms. The molecule has 2 N–H and O–H groups in total. The monoisotopic (exact) mass is 319 g/mol. The van der Waals surface area contributed by atoms with Crippen LogP contribution >= 0.6 is 11.3 Å². The van der Waals surface area contributed by atoms with Gasteiger partial charge in [-0.25, -0.2) is 4.98 Å². The van der Waals surface area contributed by atoms with Crippen molar-refractivity contribution in [1.29, 1.82) is 0 Å². The summed E-state index contributed by atoms with van der Waals surface area (Å²) in [5.41, 5.74) is 6.60. The molecular weight excluding hydrogens is 298 g/mol. The van der Waals surface area contributed by atoms with E-state index in [0.29, 0.717) is 11.5 Å². The van der Waals surface area contributed by atoms with Crippen LogP contribution in [-0.4, -0.2) is 34.4 Å². The van der Waals surface area contributed by atoms with Gasteiger partial charge < -0.3 is 15.1 Å². The average Bonchev–Trinajstić information content (AvgIpc) is 3.15. The van der Waals surface area contributed by atoms with E-state index in [2.05, 4.69) is 4.98 Å². The first-order valence-corrected chi connectivity index (χ1v) is 8.47. The third-order valence-electron chi connectivity index (χ3n) is 4.15. The van der Waals surface area contributed by atoms with Crippen LogP contribution in [0.25, 0.3) is 10.8 Å². The van der Waals surface area contributed by atoms with Gasteiger partial charge in [0, 0.05) is 23.5 Å². The molecule has 2 unspecified atom stereocenters. The van der Waals surface area contributed by atoms with Crippen LogP contribution in [0.3, 0.4) is 0 Å². The molecule has 2 atom stereocenters. The third kappa shape index (κ3) is 2.80. The summed E-state index contributed by atoms with van der Waals surface area (Å²) in [7, 11) is 0. The van der Waals surface area contributed by atoms with E-state index in [4.69, 9.17) is 10.2 Å². The van der Waals surface area contributed by atoms with Crippen LogP contribution in [0.4, 0.5) is 0 Å². The summed E-state index contributed by atoms with van der Waals surface area (Å²) in [5.74, 6) is 0.697. The number of hydrogen-bond donors (Lipinski definition) is 1. The predicted molar refractivity (Wildman–Crippen MR) is 86.9 cm³/mol. The SMILES string of the molecule is Cc1sc(-c2ccco2)nc1C(=O)N1CCCCC1C(C)N. The normalized spacial score (nSPS) is 20.1. The van der Waals surface area contributed by atoms with Crippen molar-refractivity contribution < 1.29 is 9.21 Å². The van der Waals surface area contributed by atoms with Crippen LogP contribution in [0.5, 0.6) is 0 Å². The van der Waals surface area contributed by atoms with E-state index in [1.165, 1.54) is 11.3 Å². The van der Waals surface area contributed by atoms with Gasteiger partial charge >= 0.3 is 0 Å². The highest BCUT2D eigenvalue weighted by molar-refractivity contribution is 7.15. The lowest BCUT2D eigenvalue weighted by molar-refractivity contribution is 0.0578. The molecule has 1 aliphatic heterocycles. The van der Waals surface area contributed by atoms with Crippen molar-refractivity contribution in [2.45, 2.75) is 45.2 Å². The van der Waals surface area contributed by atoms with Crippen LogP contribution in [-0.2, 0) is 0 Å². The van der Waals surface area contributed by atoms with E-state index in [0.717, 1.165) is 35.7 Å². The summed E-state index contributed by atoms with van der Waals surface area (Å²) in [5, 5.41) is 0.750. The van der Waals surface area contributed by atoms with Gasteiger partial charge in [-0.15, -0.1) is 11.3 Å². The highest BCUT2D eigenvalue weighted by Gasteiger charge is 2.32. The summed E-state index contributed by atoms with van der Waals surface area (Å²) in [6, 6.07) is 3.77. The summed E-state index contributed by atoms with van der Waals surface area (Å²) in [4.78, 5) is 20.2. The fraction of sp³-hybridized carbons (Fsp3) is 0.500. The van der Waals surface area contributed by atoms with Gasteiger partial charge in [0.25, 0.3) is 5.91 Å². The van der Waals surface area contributed by atoms with Gasteiger partial charge in [-0.3, -0.25) is 4.79 Å². The van der Waals surface area contributed by atoms with E-state index in [1.807, 2.05) is 30.9 Å². The number of aryl methyl sites for hydroxylation is 1. The van der Waals surface area contributed by atoms with Crippen molar-refractivity contribution in [2.24, 2.45) is 5.73 Å². The lowest BCUT2D eigenvalue weighted by Gasteiger charge is -2.37. The largest absolute Gasteiger partial charge is 0.462 e. The number of amides is 1. The van der Waals surface area contributed by atoms with Gasteiger partial charge in [0.05, 0.1) is 6.26 Å². The van der Waals surface area contributed by atoms with Crippen molar-refractivity contribution in [1.82, 2.24) is 9.88 Å². The quantitative estimate of drug-likeness (QED) is 0.943. The minimum absolute atomic E-state index is 0.00597. The number of furan rings is 1. The molecule has 2 aromatic rings. The maximum Gasteiger partial charge on any atom is 0.273 e. The van der Waals surface area contributed by atoms with E-state index in [-0.39, 0.29) is 18.0 Å². The van der Waals surface area contributed by atoms with Crippen molar-refractivity contribution in [3.05, 3.63) is 29.0 Å². The molecule has 1 saturated heterocycles. The van der Waals surface area contributed by atoms with Crippen molar-refractivity contribution in [2.75, 3.05) is 6.54 Å². The topological polar surface area (TPSA) is 72.4 Å². The van der Waals surface area contributed by atoms with Gasteiger partial charge in [-0.05, 0) is 45.2 Å². The Bertz CT molecular complexity index is 648. The zero-order valence-electron chi connectivity index (χ0n) is 12.9. The molecule has 0 aliphatic carbocycles. The van der Waals surface area contributed by atoms with Crippen molar-refractivity contribution in [3.63, 3.8) is 0 Å². The Morgan fingerprint density at radius 1 is 1.55 bits per heavy atom. The highest BCUT2D eigenvalue weighted by Crippen LogP contribution is 2.30. The summed E-state index contributed by atoms with van der Waals surface area (Å²) >= 11 is 1.49. The first kappa shape index (κ1) is 15.2. The molecule has 3 rings (SSSR count). The molecule has 1 aliphatic rings. The Kier molecular flexibility index (Phi) is 4.31. The third-order valence-corrected chi connectivity index (χ3v) is 5.13. The maximum atomic E-state index is 12.9. The maximum absolute atomic E-state index is 12.9. The second kappa shape index (κ2) is 6.22. The fourth-order valence-corrected chi connectivity index (χ4v) is 3.87. The number of nitrogens with two attached hydrogens (primary N) is 1. The van der Waals surface area contributed by atoms with Crippen molar-refractivity contribution in [3.8, 4) is 10.8 Å². The predicted octanol–water partition coefficient (Wildman–Crippen LogP) is 3.05. The fourth-order valence-electron chi connectivity index (χ4n) is 2.99. The Hall–Kier alpha value is -1.66. The first-order chi connectivity index (χ1) is 10.6. The van der Waals surface area contributed by atoms with E-state index in [1.54, 1.807) is 6.26 Å². The van der Waals surface area contributed by atoms with Crippen LogP contribution in [0, 0.1) is 6.92 Å². The molecule has 5 nitrogen and oxygen atoms in total. The van der Waals surface area contributed by atoms with Gasteiger partial charge in [-0.2, -0.15) is 0 Å². The number of aromatic nitrogens is 1. The molecule has 3 heterocycles. The zero-order chi connectivity index (χ0) is 15.7. The van der Waals surface area contributed by atoms with E-state index < -0.39 is 0 Å². The molecule has 0 spiro atoms. The van der Waals surface area contributed by atoms with Gasteiger partial charge in [0.2, 0.25) is 0 Å². The molecule has 0 aromatic carbocycles. The minimum Gasteiger partial charge on any atom is -0.462 e. The van der Waals surface area contributed by atoms with Gasteiger partial charge in [-0.1, -0.05) is 0 Å². The number of thiazole rings is 1. The molecule has 1 fully saturated rings. The van der Waals surface area contributed by atoms with Gasteiger partial charge in [0.1, 0.15) is 5.69 Å². The zero-order valence-corrected chi connectivity index (χ0v) is 13.7. The Labute approximate surface area is 134 Å². The molecule has 22 heavy (non-hydrogen) atoms. The lowest BCUT2D eigenvalue weighted by Crippen LogP contribution is -2.51. The number of carbonyl (C=O) groups is 1. The molecule has 2 aromatic heterocycles. The molecular formula is C16H21N3O2S. The molecule has 0 radical (unpaired) electrons. The summed E-state index contributed by atoms with van der Waals surface area (Å²) < 4.78 is 5.38. The van der Waals surface area contributed by atoms with Crippen molar-refractivity contribution >= 4 is 17.2 Å². The standard InChI is InChI=1S/C16H21N3O2S/c1-10(17)12-6-3-4-8-19(12)16(20)14-11(2)22-15(18-14)13-7-5-9-21-13/h5,7,9-10,12H,3-4,6,8,17H2,1-2H3. The Morgan fingerprint density at radius 3 is 3.05 bits per heavy atom. The molecule has 1 amide bonds. The number of carbonyl (C=O) groups excluding carboxylic acids is 1. The average molecular weight is 319 g/mol. The van der Waals surface area contributed by atoms with Gasteiger partial charge in [0.15, 0.2) is 10.8 Å². The Balaban J connectivity index is 1.88. The second-order valence-corrected chi connectivity index (χ2v) is 7.03. The van der Waals surface area contributed by atoms with E-state index >= 15 is 0 Å². The number of piperidine rings is 1. The smallest absolute Gasteiger partial charge is 0.273 e. The number of rotatable bonds is 3. The summed E-state index contributed by atoms with van der Waals surface area (Å²) in [6.45, 7) is 4.67. The first-order valence-electron chi connectivity index (χ1n) is 7.66. The van der Waals surface area contributed by atoms with E-state index in [9.17, 15) is 4.79 Å². The molecule has 0 saturated carbocycles. The van der Waals surface area contributed by atoms with Crippen LogP contribution < -0.4 is 5.73 Å². The number of nitrogens with zero attached hydrogens (tertiary/aromatic N) is 2. The van der Waals surface area contributed by atoms with Crippen LogP contribution in [0.15, 0.2) is 22.8 Å². The lowest BCUT2D eigenvalue weighted by atomic mass is 9.96. The minimum atomic E-state index is -0.0206. The molecule has 6 heteroatoms. The van der Waals surface area contributed by atoms with Crippen LogP contribution in [0.1, 0.15) is 41.6 Å². The number of hydrogen-bond acceptors (Lipinski definition) is 5. The Morgan fingerprint density at radius 2 is 2.36 bits per heavy atom.